The van der Waals surface area contributed by atoms with Gasteiger partial charge in [-0.25, -0.2) is 8.42 Å². The topological polar surface area (TPSA) is 70.3 Å². The molecule has 0 bridgehead atoms. The summed E-state index contributed by atoms with van der Waals surface area (Å²) in [4.78, 5) is -0.229. The zero-order chi connectivity index (χ0) is 11.3. The maximum atomic E-state index is 10.9. The monoisotopic (exact) mass is 260 g/mol. The molecule has 1 aromatic heterocycles. The Morgan fingerprint density at radius 1 is 1.24 bits per heavy atom. The SMILES string of the molecule is O=S(=O)([O-])c1ccc2c3c(oc2c1)CCC3.[Na+]. The first kappa shape index (κ1) is 13.1. The van der Waals surface area contributed by atoms with E-state index < -0.39 is 10.1 Å². The van der Waals surface area contributed by atoms with Crippen LogP contribution in [0.2, 0.25) is 0 Å². The second kappa shape index (κ2) is 4.40. The van der Waals surface area contributed by atoms with Gasteiger partial charge in [0.1, 0.15) is 21.5 Å². The van der Waals surface area contributed by atoms with E-state index in [0.29, 0.717) is 5.58 Å². The van der Waals surface area contributed by atoms with E-state index in [2.05, 4.69) is 0 Å². The van der Waals surface area contributed by atoms with Gasteiger partial charge in [0.25, 0.3) is 0 Å². The predicted octanol–water partition coefficient (Wildman–Crippen LogP) is -1.17. The van der Waals surface area contributed by atoms with Gasteiger partial charge >= 0.3 is 29.6 Å². The fourth-order valence-electron chi connectivity index (χ4n) is 2.24. The van der Waals surface area contributed by atoms with E-state index in [-0.39, 0.29) is 34.5 Å². The molecular weight excluding hydrogens is 251 g/mol. The molecular formula is C11H9NaO4S. The van der Waals surface area contributed by atoms with Crippen LogP contribution < -0.4 is 29.6 Å². The van der Waals surface area contributed by atoms with Crippen LogP contribution in [0.5, 0.6) is 0 Å². The Labute approximate surface area is 121 Å². The largest absolute Gasteiger partial charge is 1.00 e. The molecule has 0 fully saturated rings. The van der Waals surface area contributed by atoms with Crippen molar-refractivity contribution in [3.63, 3.8) is 0 Å². The van der Waals surface area contributed by atoms with E-state index >= 15 is 0 Å². The van der Waals surface area contributed by atoms with Gasteiger partial charge in [0.05, 0.1) is 4.90 Å². The molecule has 0 spiro atoms. The van der Waals surface area contributed by atoms with E-state index in [0.717, 1.165) is 36.0 Å². The minimum atomic E-state index is -4.40. The zero-order valence-corrected chi connectivity index (χ0v) is 12.2. The van der Waals surface area contributed by atoms with Gasteiger partial charge in [-0.05, 0) is 31.0 Å². The molecule has 1 aliphatic carbocycles. The molecule has 0 N–H and O–H groups in total. The van der Waals surface area contributed by atoms with E-state index in [9.17, 15) is 13.0 Å². The molecule has 17 heavy (non-hydrogen) atoms. The molecule has 4 nitrogen and oxygen atoms in total. The van der Waals surface area contributed by atoms with Crippen LogP contribution in [0.25, 0.3) is 11.0 Å². The maximum absolute atomic E-state index is 10.9. The van der Waals surface area contributed by atoms with Crippen molar-refractivity contribution in [2.45, 2.75) is 24.2 Å². The zero-order valence-electron chi connectivity index (χ0n) is 9.39. The summed E-state index contributed by atoms with van der Waals surface area (Å²) < 4.78 is 38.1. The van der Waals surface area contributed by atoms with Crippen LogP contribution in [-0.4, -0.2) is 13.0 Å². The molecule has 6 heteroatoms. The summed E-state index contributed by atoms with van der Waals surface area (Å²) in [6, 6.07) is 4.32. The first-order valence-corrected chi connectivity index (χ1v) is 6.47. The third-order valence-corrected chi connectivity index (χ3v) is 3.80. The number of hydrogen-bond acceptors (Lipinski definition) is 4. The quantitative estimate of drug-likeness (QED) is 0.478. The standard InChI is InChI=1S/C11H10O4S.Na/c12-16(13,14)7-4-5-9-8-2-1-3-10(8)15-11(9)6-7;/h4-6H,1-3H2,(H,12,13,14);/q;+1/p-1. The molecule has 0 saturated carbocycles. The molecule has 0 unspecified atom stereocenters. The second-order valence-corrected chi connectivity index (χ2v) is 5.35. The number of fused-ring (bicyclic) bond motifs is 3. The Kier molecular flexibility index (Phi) is 3.40. The number of rotatable bonds is 1. The molecule has 0 amide bonds. The van der Waals surface area contributed by atoms with Gasteiger partial charge in [0.15, 0.2) is 0 Å². The first-order chi connectivity index (χ1) is 7.55. The minimum absolute atomic E-state index is 0. The van der Waals surface area contributed by atoms with Crippen molar-refractivity contribution in [3.8, 4) is 0 Å². The summed E-state index contributed by atoms with van der Waals surface area (Å²) in [5.74, 6) is 0.926. The van der Waals surface area contributed by atoms with Gasteiger partial charge in [0.2, 0.25) is 0 Å². The van der Waals surface area contributed by atoms with Crippen LogP contribution in [0, 0.1) is 0 Å². The van der Waals surface area contributed by atoms with Crippen molar-refractivity contribution in [2.75, 3.05) is 0 Å². The summed E-state index contributed by atoms with van der Waals surface area (Å²) in [6.45, 7) is 0. The Balaban J connectivity index is 0.00000108. The Morgan fingerprint density at radius 3 is 2.71 bits per heavy atom. The third kappa shape index (κ3) is 2.18. The van der Waals surface area contributed by atoms with Gasteiger partial charge < -0.3 is 8.97 Å². The van der Waals surface area contributed by atoms with Gasteiger partial charge in [-0.1, -0.05) is 0 Å². The average molecular weight is 260 g/mol. The van der Waals surface area contributed by atoms with Gasteiger partial charge in [0, 0.05) is 17.4 Å². The summed E-state index contributed by atoms with van der Waals surface area (Å²) in [7, 11) is -4.40. The molecule has 84 valence electrons. The van der Waals surface area contributed by atoms with Crippen LogP contribution in [0.4, 0.5) is 0 Å². The smallest absolute Gasteiger partial charge is 0.744 e. The van der Waals surface area contributed by atoms with Crippen molar-refractivity contribution in [3.05, 3.63) is 29.5 Å². The fraction of sp³-hybridized carbons (Fsp3) is 0.273. The van der Waals surface area contributed by atoms with Gasteiger partial charge in [-0.2, -0.15) is 0 Å². The molecule has 0 radical (unpaired) electrons. The fourth-order valence-corrected chi connectivity index (χ4v) is 2.72. The molecule has 1 aromatic carbocycles. The summed E-state index contributed by atoms with van der Waals surface area (Å²) in [6.07, 6.45) is 2.93. The molecule has 3 rings (SSSR count). The van der Waals surface area contributed by atoms with Crippen LogP contribution >= 0.6 is 0 Å². The van der Waals surface area contributed by atoms with Crippen molar-refractivity contribution >= 4 is 21.1 Å². The summed E-state index contributed by atoms with van der Waals surface area (Å²) >= 11 is 0. The van der Waals surface area contributed by atoms with E-state index in [1.807, 2.05) is 0 Å². The second-order valence-electron chi connectivity index (χ2n) is 3.97. The number of furan rings is 1. The minimum Gasteiger partial charge on any atom is -0.744 e. The van der Waals surface area contributed by atoms with Crippen LogP contribution in [0.3, 0.4) is 0 Å². The number of hydrogen-bond donors (Lipinski definition) is 0. The van der Waals surface area contributed by atoms with Crippen molar-refractivity contribution < 1.29 is 46.9 Å². The first-order valence-electron chi connectivity index (χ1n) is 5.06. The molecule has 0 atom stereocenters. The van der Waals surface area contributed by atoms with Crippen LogP contribution in [-0.2, 0) is 23.0 Å². The van der Waals surface area contributed by atoms with Gasteiger partial charge in [-0.3, -0.25) is 0 Å². The van der Waals surface area contributed by atoms with Gasteiger partial charge in [-0.15, -0.1) is 0 Å². The Bertz CT molecular complexity index is 672. The van der Waals surface area contributed by atoms with E-state index in [1.165, 1.54) is 12.1 Å². The number of aryl methyl sites for hydroxylation is 2. The van der Waals surface area contributed by atoms with Crippen molar-refractivity contribution in [1.29, 1.82) is 0 Å². The predicted molar refractivity (Wildman–Crippen MR) is 56.2 cm³/mol. The normalized spacial score (nSPS) is 14.6. The van der Waals surface area contributed by atoms with Crippen molar-refractivity contribution in [2.24, 2.45) is 0 Å². The summed E-state index contributed by atoms with van der Waals surface area (Å²) in [5.41, 5.74) is 1.66. The molecule has 0 saturated heterocycles. The maximum Gasteiger partial charge on any atom is 1.00 e. The molecule has 1 heterocycles. The summed E-state index contributed by atoms with van der Waals surface area (Å²) in [5, 5.41) is 0.930. The van der Waals surface area contributed by atoms with E-state index in [1.54, 1.807) is 6.07 Å². The third-order valence-electron chi connectivity index (χ3n) is 2.97. The van der Waals surface area contributed by atoms with Crippen LogP contribution in [0.15, 0.2) is 27.5 Å². The average Bonchev–Trinajstić information content (AvgIpc) is 2.74. The van der Waals surface area contributed by atoms with E-state index in [4.69, 9.17) is 4.42 Å². The Morgan fingerprint density at radius 2 is 2.00 bits per heavy atom. The molecule has 1 aliphatic rings. The van der Waals surface area contributed by atoms with Crippen molar-refractivity contribution in [1.82, 2.24) is 0 Å². The molecule has 0 aliphatic heterocycles. The Hall–Kier alpha value is -0.330. The molecule has 2 aromatic rings. The van der Waals surface area contributed by atoms with Crippen LogP contribution in [0.1, 0.15) is 17.7 Å². The number of benzene rings is 1.